The highest BCUT2D eigenvalue weighted by atomic mass is 35.5. The quantitative estimate of drug-likeness (QED) is 0.821. The molecule has 1 fully saturated rings. The maximum Gasteiger partial charge on any atom is 0.237 e. The van der Waals surface area contributed by atoms with Gasteiger partial charge in [-0.2, -0.15) is 0 Å². The molecular formula is C11H17ClN4O. The van der Waals surface area contributed by atoms with E-state index in [-0.39, 0.29) is 11.9 Å². The summed E-state index contributed by atoms with van der Waals surface area (Å²) < 4.78 is 1.79. The van der Waals surface area contributed by atoms with Gasteiger partial charge in [-0.05, 0) is 19.8 Å². The van der Waals surface area contributed by atoms with Gasteiger partial charge in [0.2, 0.25) is 5.91 Å². The Morgan fingerprint density at radius 2 is 2.41 bits per heavy atom. The van der Waals surface area contributed by atoms with Crippen LogP contribution in [0.2, 0.25) is 5.15 Å². The second-order valence-electron chi connectivity index (χ2n) is 4.44. The van der Waals surface area contributed by atoms with E-state index < -0.39 is 0 Å². The van der Waals surface area contributed by atoms with E-state index in [2.05, 4.69) is 15.6 Å². The molecule has 0 saturated heterocycles. The van der Waals surface area contributed by atoms with Crippen LogP contribution >= 0.6 is 11.6 Å². The summed E-state index contributed by atoms with van der Waals surface area (Å²) in [6.07, 6.45) is 3.81. The largest absolute Gasteiger partial charge is 0.352 e. The molecule has 94 valence electrons. The second kappa shape index (κ2) is 5.06. The number of carbonyl (C=O) groups is 1. The van der Waals surface area contributed by atoms with Gasteiger partial charge in [0.15, 0.2) is 0 Å². The number of rotatable bonds is 5. The number of nitrogens with one attached hydrogen (secondary N) is 2. The van der Waals surface area contributed by atoms with E-state index in [9.17, 15) is 4.79 Å². The van der Waals surface area contributed by atoms with Crippen molar-refractivity contribution in [1.29, 1.82) is 0 Å². The molecule has 17 heavy (non-hydrogen) atoms. The number of halogens is 1. The third kappa shape index (κ3) is 3.20. The van der Waals surface area contributed by atoms with Crippen LogP contribution in [0.5, 0.6) is 0 Å². The molecule has 1 saturated carbocycles. The lowest BCUT2D eigenvalue weighted by molar-refractivity contribution is -0.122. The fraction of sp³-hybridized carbons (Fsp3) is 0.636. The Labute approximate surface area is 106 Å². The Morgan fingerprint density at radius 1 is 1.71 bits per heavy atom. The Hall–Kier alpha value is -1.07. The van der Waals surface area contributed by atoms with Gasteiger partial charge in [0.25, 0.3) is 0 Å². The van der Waals surface area contributed by atoms with Crippen molar-refractivity contribution in [2.24, 2.45) is 7.05 Å². The lowest BCUT2D eigenvalue weighted by Gasteiger charge is -2.13. The van der Waals surface area contributed by atoms with Crippen LogP contribution in [0, 0.1) is 0 Å². The van der Waals surface area contributed by atoms with Crippen LogP contribution in [-0.2, 0) is 18.4 Å². The number of hydrogen-bond donors (Lipinski definition) is 2. The van der Waals surface area contributed by atoms with E-state index in [0.29, 0.717) is 17.7 Å². The molecule has 0 spiro atoms. The van der Waals surface area contributed by atoms with E-state index in [1.54, 1.807) is 10.8 Å². The summed E-state index contributed by atoms with van der Waals surface area (Å²) >= 11 is 5.88. The first-order valence-corrected chi connectivity index (χ1v) is 6.15. The van der Waals surface area contributed by atoms with Crippen molar-refractivity contribution in [2.45, 2.75) is 38.4 Å². The van der Waals surface area contributed by atoms with E-state index in [4.69, 9.17) is 11.6 Å². The van der Waals surface area contributed by atoms with Crippen molar-refractivity contribution >= 4 is 17.5 Å². The van der Waals surface area contributed by atoms with Gasteiger partial charge < -0.3 is 9.88 Å². The van der Waals surface area contributed by atoms with Crippen molar-refractivity contribution in [3.63, 3.8) is 0 Å². The monoisotopic (exact) mass is 256 g/mol. The summed E-state index contributed by atoms with van der Waals surface area (Å²) in [5, 5.41) is 6.68. The summed E-state index contributed by atoms with van der Waals surface area (Å²) in [5.74, 6) is 0.869. The molecule has 5 nitrogen and oxygen atoms in total. The van der Waals surface area contributed by atoms with Gasteiger partial charge in [0.1, 0.15) is 11.0 Å². The first-order valence-electron chi connectivity index (χ1n) is 5.77. The normalized spacial score (nSPS) is 16.9. The molecule has 0 radical (unpaired) electrons. The molecule has 6 heteroatoms. The topological polar surface area (TPSA) is 59.0 Å². The fourth-order valence-electron chi connectivity index (χ4n) is 1.48. The van der Waals surface area contributed by atoms with Gasteiger partial charge in [-0.3, -0.25) is 10.1 Å². The minimum absolute atomic E-state index is 0.0489. The standard InChI is InChI=1S/C11H17ClN4O/c1-7(11(17)15-8-3-4-8)13-6-10-14-5-9(12)16(10)2/h5,7-8,13H,3-4,6H2,1-2H3,(H,15,17). The predicted octanol–water partition coefficient (Wildman–Crippen LogP) is 0.830. The number of imidazole rings is 1. The zero-order chi connectivity index (χ0) is 12.4. The maximum absolute atomic E-state index is 11.7. The molecule has 1 atom stereocenters. The van der Waals surface area contributed by atoms with Crippen LogP contribution in [-0.4, -0.2) is 27.5 Å². The maximum atomic E-state index is 11.7. The van der Waals surface area contributed by atoms with Gasteiger partial charge >= 0.3 is 0 Å². The van der Waals surface area contributed by atoms with E-state index >= 15 is 0 Å². The molecule has 0 aromatic carbocycles. The highest BCUT2D eigenvalue weighted by Gasteiger charge is 2.25. The van der Waals surface area contributed by atoms with Gasteiger partial charge in [-0.15, -0.1) is 0 Å². The summed E-state index contributed by atoms with van der Waals surface area (Å²) in [4.78, 5) is 15.8. The minimum atomic E-state index is -0.217. The Bertz CT molecular complexity index is 414. The molecule has 2 rings (SSSR count). The smallest absolute Gasteiger partial charge is 0.237 e. The molecule has 1 unspecified atom stereocenters. The van der Waals surface area contributed by atoms with E-state index in [0.717, 1.165) is 18.7 Å². The van der Waals surface area contributed by atoms with Crippen molar-refractivity contribution in [3.8, 4) is 0 Å². The summed E-state index contributed by atoms with van der Waals surface area (Å²) in [6, 6.07) is 0.181. The second-order valence-corrected chi connectivity index (χ2v) is 4.83. The third-order valence-corrected chi connectivity index (χ3v) is 3.26. The molecule has 2 N–H and O–H groups in total. The van der Waals surface area contributed by atoms with Crippen LogP contribution in [0.3, 0.4) is 0 Å². The number of nitrogens with zero attached hydrogens (tertiary/aromatic N) is 2. The SMILES string of the molecule is CC(NCc1ncc(Cl)n1C)C(=O)NC1CC1. The summed E-state index contributed by atoms with van der Waals surface area (Å²) in [7, 11) is 1.85. The summed E-state index contributed by atoms with van der Waals surface area (Å²) in [6.45, 7) is 2.38. The zero-order valence-electron chi connectivity index (χ0n) is 10.0. The van der Waals surface area contributed by atoms with Crippen LogP contribution in [0.1, 0.15) is 25.6 Å². The first kappa shape index (κ1) is 12.4. The fourth-order valence-corrected chi connectivity index (χ4v) is 1.63. The molecule has 0 bridgehead atoms. The lowest BCUT2D eigenvalue weighted by atomic mass is 10.3. The van der Waals surface area contributed by atoms with Crippen LogP contribution in [0.15, 0.2) is 6.20 Å². The highest BCUT2D eigenvalue weighted by molar-refractivity contribution is 6.29. The molecule has 1 aliphatic carbocycles. The van der Waals surface area contributed by atoms with Crippen LogP contribution in [0.4, 0.5) is 0 Å². The average Bonchev–Trinajstić information content (AvgIpc) is 3.05. The summed E-state index contributed by atoms with van der Waals surface area (Å²) in [5.41, 5.74) is 0. The van der Waals surface area contributed by atoms with Crippen molar-refractivity contribution in [2.75, 3.05) is 0 Å². The molecule has 1 amide bonds. The number of amides is 1. The van der Waals surface area contributed by atoms with Gasteiger partial charge in [0.05, 0.1) is 18.8 Å². The molecule has 1 aromatic heterocycles. The molecule has 0 aliphatic heterocycles. The number of aromatic nitrogens is 2. The average molecular weight is 257 g/mol. The third-order valence-electron chi connectivity index (χ3n) is 2.91. The Kier molecular flexibility index (Phi) is 3.69. The van der Waals surface area contributed by atoms with Crippen LogP contribution in [0.25, 0.3) is 0 Å². The highest BCUT2D eigenvalue weighted by Crippen LogP contribution is 2.18. The van der Waals surface area contributed by atoms with Gasteiger partial charge in [-0.1, -0.05) is 11.6 Å². The van der Waals surface area contributed by atoms with E-state index in [1.165, 1.54) is 0 Å². The van der Waals surface area contributed by atoms with Crippen LogP contribution < -0.4 is 10.6 Å². The Balaban J connectivity index is 1.80. The molecule has 1 aliphatic rings. The Morgan fingerprint density at radius 3 is 2.94 bits per heavy atom. The van der Waals surface area contributed by atoms with E-state index in [1.807, 2.05) is 14.0 Å². The molecular weight excluding hydrogens is 240 g/mol. The predicted molar refractivity (Wildman–Crippen MR) is 65.7 cm³/mol. The zero-order valence-corrected chi connectivity index (χ0v) is 10.8. The van der Waals surface area contributed by atoms with Crippen molar-refractivity contribution < 1.29 is 4.79 Å². The lowest BCUT2D eigenvalue weighted by Crippen LogP contribution is -2.42. The molecule has 1 heterocycles. The minimum Gasteiger partial charge on any atom is -0.352 e. The molecule has 1 aromatic rings. The number of hydrogen-bond acceptors (Lipinski definition) is 3. The van der Waals surface area contributed by atoms with Crippen molar-refractivity contribution in [3.05, 3.63) is 17.2 Å². The van der Waals surface area contributed by atoms with Gasteiger partial charge in [0, 0.05) is 13.1 Å². The first-order chi connectivity index (χ1) is 8.08. The number of carbonyl (C=O) groups excluding carboxylic acids is 1. The van der Waals surface area contributed by atoms with Gasteiger partial charge in [-0.25, -0.2) is 4.98 Å². The van der Waals surface area contributed by atoms with Crippen molar-refractivity contribution in [1.82, 2.24) is 20.2 Å².